The van der Waals surface area contributed by atoms with Crippen LogP contribution in [0.2, 0.25) is 0 Å². The molecule has 60 heavy (non-hydrogen) atoms. The molecule has 1 aliphatic heterocycles. The van der Waals surface area contributed by atoms with E-state index in [0.29, 0.717) is 0 Å². The smallest absolute Gasteiger partial charge is 0.0551 e. The molecule has 4 aromatic carbocycles. The van der Waals surface area contributed by atoms with Crippen LogP contribution < -0.4 is 11.5 Å². The third-order valence-corrected chi connectivity index (χ3v) is 8.64. The van der Waals surface area contributed by atoms with E-state index >= 15 is 0 Å². The molecule has 6 N–H and O–H groups in total. The first-order valence-corrected chi connectivity index (χ1v) is 21.4. The Morgan fingerprint density at radius 3 is 1.30 bits per heavy atom. The number of hydrogen-bond donors (Lipinski definition) is 4. The largest absolute Gasteiger partial charge is 0.423 e. The van der Waals surface area contributed by atoms with Gasteiger partial charge in [0.25, 0.3) is 0 Å². The van der Waals surface area contributed by atoms with Gasteiger partial charge in [0.05, 0.1) is 6.10 Å². The van der Waals surface area contributed by atoms with Crippen LogP contribution in [0.1, 0.15) is 94.3 Å². The Bertz CT molecular complexity index is 1530. The van der Waals surface area contributed by atoms with Crippen molar-refractivity contribution in [3.8, 4) is 0 Å². The number of epoxide rings is 1. The quantitative estimate of drug-likeness (QED) is 0.103. The molecular weight excluding hydrogens is 1320 g/mol. The molecule has 0 spiro atoms. The summed E-state index contributed by atoms with van der Waals surface area (Å²) in [6.07, 6.45) is 6.25. The molecule has 1 fully saturated rings. The van der Waals surface area contributed by atoms with Gasteiger partial charge in [-0.25, -0.2) is 6.92 Å². The van der Waals surface area contributed by atoms with Gasteiger partial charge in [0, 0.05) is 157 Å². The van der Waals surface area contributed by atoms with Crippen molar-refractivity contribution in [1.29, 1.82) is 0 Å². The zero-order valence-electron chi connectivity index (χ0n) is 35.9. The number of rotatable bonds is 8. The van der Waals surface area contributed by atoms with Gasteiger partial charge in [-0.1, -0.05) is 141 Å². The fourth-order valence-electron chi connectivity index (χ4n) is 3.43. The second-order valence-electron chi connectivity index (χ2n) is 11.8. The van der Waals surface area contributed by atoms with Crippen molar-refractivity contribution in [2.75, 3.05) is 13.7 Å². The molecule has 1 aliphatic rings. The average Bonchev–Trinajstić information content (AvgIpc) is 3.92. The molecule has 6 nitrogen and oxygen atoms in total. The number of allylic oxidation sites excluding steroid dienone is 1. The van der Waals surface area contributed by atoms with Crippen LogP contribution in [0.5, 0.6) is 0 Å². The number of aliphatic hydroxyl groups excluding tert-OH is 2. The molecule has 0 saturated carbocycles. The number of aliphatic hydroxyl groups is 2. The minimum atomic E-state index is -0.796. The first-order chi connectivity index (χ1) is 26.6. The summed E-state index contributed by atoms with van der Waals surface area (Å²) in [6, 6.07) is 33.6. The van der Waals surface area contributed by atoms with Crippen LogP contribution in [0.15, 0.2) is 96.8 Å². The molecule has 6 atom stereocenters. The summed E-state index contributed by atoms with van der Waals surface area (Å²) in [6.45, 7) is 25.6. The van der Waals surface area contributed by atoms with E-state index < -0.39 is 24.3 Å². The predicted octanol–water partition coefficient (Wildman–Crippen LogP) is 12.4. The van der Waals surface area contributed by atoms with E-state index in [1.165, 1.54) is 19.3 Å². The summed E-state index contributed by atoms with van der Waals surface area (Å²) < 4.78 is 13.7. The summed E-state index contributed by atoms with van der Waals surface area (Å²) in [5.41, 5.74) is 14.9. The molecule has 326 valence electrons. The normalized spacial score (nSPS) is 14.6. The van der Waals surface area contributed by atoms with Crippen LogP contribution in [0.3, 0.4) is 0 Å². The summed E-state index contributed by atoms with van der Waals surface area (Å²) in [5, 5.41) is 18.2. The molecular formula is C46H60Br4N2O4Y4-8. The molecule has 4 aromatic rings. The third kappa shape index (κ3) is 39.7. The first-order valence-electron chi connectivity index (χ1n) is 18.2. The van der Waals surface area contributed by atoms with Gasteiger partial charge in [0.15, 0.2) is 0 Å². The van der Waals surface area contributed by atoms with Gasteiger partial charge in [0.2, 0.25) is 0 Å². The average molecular weight is 1380 g/mol. The maximum Gasteiger partial charge on any atom is 0.0551 e. The van der Waals surface area contributed by atoms with E-state index in [2.05, 4.69) is 148 Å². The van der Waals surface area contributed by atoms with Gasteiger partial charge in [-0.05, 0) is 13.0 Å². The van der Waals surface area contributed by atoms with Gasteiger partial charge in [-0.2, -0.15) is 90.5 Å². The molecule has 2 unspecified atom stereocenters. The van der Waals surface area contributed by atoms with E-state index in [9.17, 15) is 0 Å². The standard InChI is InChI=1S/2C9H10BrNO.C9H7BrO.C9H7Br.C4H10.C3H8O.C3H8.4Y/c2*1-6(12)9(11)7-3-2-4-8(10)5-7;1-6-9(11-6)7-3-2-4-8(10)5-7;1-2-4-8-5-3-6-9(10)7-8;2*1-3-4-2;1-3-2;;;;/h2*2,4-6,9,12H,1,11H2;2,4-6,9H,1H2;2-4,6-7H,1H2;3-4H2,1-2H3;3H2,1-2H3;3H2,1-2H3;;;;/q4*-2;;;;;;;/t2*6-,9+;;;;;;;;;/m00........./s1. The molecule has 14 heteroatoms. The van der Waals surface area contributed by atoms with Gasteiger partial charge in [-0.3, -0.25) is 0 Å². The minimum absolute atomic E-state index is 0. The maximum absolute atomic E-state index is 9.09. The van der Waals surface area contributed by atoms with Crippen LogP contribution in [0.4, 0.5) is 0 Å². The molecule has 0 aliphatic carbocycles. The minimum Gasteiger partial charge on any atom is -0.423 e. The summed E-state index contributed by atoms with van der Waals surface area (Å²) in [7, 11) is 1.68. The van der Waals surface area contributed by atoms with Gasteiger partial charge in [0.1, 0.15) is 0 Å². The van der Waals surface area contributed by atoms with Crippen molar-refractivity contribution in [3.05, 3.63) is 171 Å². The van der Waals surface area contributed by atoms with Crippen molar-refractivity contribution in [2.45, 2.75) is 90.4 Å². The van der Waals surface area contributed by atoms with Crippen molar-refractivity contribution in [2.24, 2.45) is 11.5 Å². The summed E-state index contributed by atoms with van der Waals surface area (Å²) in [5.74, 6) is 0. The second-order valence-corrected chi connectivity index (χ2v) is 15.5. The Balaban J connectivity index is -0.000000147. The molecule has 0 amide bonds. The fourth-order valence-corrected chi connectivity index (χ4v) is 4.94. The Morgan fingerprint density at radius 2 is 1.03 bits per heavy atom. The molecule has 1 heterocycles. The Labute approximate surface area is 498 Å². The SMILES string of the molecule is CCC.CCCC.CCOC.[CH2-]C1OC1c1[c-]ccc(Br)c1.[CH2-]C=Cc1[c-]ccc(Br)c1.[CH2-][C@H](O)[C@@H](N)c1[c-]ccc(Br)c1.[CH2-][C@H](O)[C@@H](N)c1[c-]ccc(Br)c1.[Y].[Y].[Y].[Y]. The zero-order chi connectivity index (χ0) is 43.1. The number of unbranched alkanes of at least 4 members (excludes halogenated alkanes) is 1. The number of benzene rings is 4. The van der Waals surface area contributed by atoms with E-state index in [1.807, 2.05) is 73.7 Å². The van der Waals surface area contributed by atoms with Crippen LogP contribution in [-0.4, -0.2) is 42.2 Å². The van der Waals surface area contributed by atoms with Gasteiger partial charge < -0.3 is 51.9 Å². The number of ether oxygens (including phenoxy) is 2. The topological polar surface area (TPSA) is 114 Å². The second kappa shape index (κ2) is 48.1. The Hall–Kier alpha value is 2.59. The monoisotopic (exact) mass is 1380 g/mol. The first kappa shape index (κ1) is 74.1. The van der Waals surface area contributed by atoms with E-state index in [1.54, 1.807) is 25.3 Å². The van der Waals surface area contributed by atoms with Crippen molar-refractivity contribution < 1.29 is 151 Å². The molecule has 0 bridgehead atoms. The van der Waals surface area contributed by atoms with Crippen LogP contribution in [-0.2, 0) is 140 Å². The summed E-state index contributed by atoms with van der Waals surface area (Å²) >= 11 is 13.3. The maximum atomic E-state index is 9.09. The molecule has 1 saturated heterocycles. The van der Waals surface area contributed by atoms with Crippen molar-refractivity contribution >= 4 is 69.8 Å². The third-order valence-electron chi connectivity index (χ3n) is 6.67. The Morgan fingerprint density at radius 1 is 0.700 bits per heavy atom. The number of methoxy groups -OCH3 is 1. The summed E-state index contributed by atoms with van der Waals surface area (Å²) in [4.78, 5) is 0. The predicted molar refractivity (Wildman–Crippen MR) is 250 cm³/mol. The van der Waals surface area contributed by atoms with Crippen LogP contribution in [0.25, 0.3) is 6.08 Å². The van der Waals surface area contributed by atoms with Gasteiger partial charge in [-0.15, -0.1) is 41.0 Å². The van der Waals surface area contributed by atoms with Crippen molar-refractivity contribution in [1.82, 2.24) is 0 Å². The molecule has 0 aromatic heterocycles. The van der Waals surface area contributed by atoms with Crippen LogP contribution >= 0.6 is 63.7 Å². The van der Waals surface area contributed by atoms with E-state index in [0.717, 1.165) is 46.8 Å². The van der Waals surface area contributed by atoms with Gasteiger partial charge >= 0.3 is 0 Å². The number of halogens is 4. The van der Waals surface area contributed by atoms with Crippen molar-refractivity contribution in [3.63, 3.8) is 0 Å². The Kier molecular flexibility index (Phi) is 59.4. The fraction of sp³-hybridized carbons (Fsp3) is 0.348. The van der Waals surface area contributed by atoms with E-state index in [4.69, 9.17) is 26.4 Å². The number of nitrogens with two attached hydrogens (primary N) is 2. The van der Waals surface area contributed by atoms with Crippen LogP contribution in [0, 0.1) is 52.0 Å². The zero-order valence-corrected chi connectivity index (χ0v) is 53.6. The molecule has 4 radical (unpaired) electrons. The van der Waals surface area contributed by atoms with E-state index in [-0.39, 0.29) is 143 Å². The molecule has 5 rings (SSSR count). The number of hydrogen-bond acceptors (Lipinski definition) is 6.